The molecule has 1 aliphatic heterocycles. The van der Waals surface area contributed by atoms with Crippen molar-refractivity contribution in [2.45, 2.75) is 32.2 Å². The number of hydrogen-bond donors (Lipinski definition) is 2. The summed E-state index contributed by atoms with van der Waals surface area (Å²) in [7, 11) is 0. The molecular formula is C10H18N2O3. The number of nitrogens with one attached hydrogen (secondary N) is 1. The number of carbonyl (C=O) groups is 2. The molecule has 0 aliphatic carbocycles. The molecule has 0 spiro atoms. The van der Waals surface area contributed by atoms with Gasteiger partial charge >= 0.3 is 5.97 Å². The van der Waals surface area contributed by atoms with Gasteiger partial charge in [0.25, 0.3) is 0 Å². The van der Waals surface area contributed by atoms with Crippen molar-refractivity contribution in [2.24, 2.45) is 0 Å². The topological polar surface area (TPSA) is 69.6 Å². The third-order valence-electron chi connectivity index (χ3n) is 2.56. The van der Waals surface area contributed by atoms with Gasteiger partial charge in [0, 0.05) is 0 Å². The first-order valence-electron chi connectivity index (χ1n) is 5.34. The van der Waals surface area contributed by atoms with Crippen LogP contribution in [-0.4, -0.2) is 47.6 Å². The standard InChI is InChI=1S/C10H18N2O3/c1-8(10(14)15)11-9(13)7-12-5-3-2-4-6-12/h8H,2-7H2,1H3,(H,11,13)(H,14,15). The number of amides is 1. The number of piperidine rings is 1. The van der Waals surface area contributed by atoms with E-state index in [1.807, 2.05) is 0 Å². The Morgan fingerprint density at radius 3 is 2.47 bits per heavy atom. The maximum absolute atomic E-state index is 11.4. The lowest BCUT2D eigenvalue weighted by Gasteiger charge is -2.25. The Kier molecular flexibility index (Phi) is 4.55. The van der Waals surface area contributed by atoms with Crippen LogP contribution < -0.4 is 5.32 Å². The highest BCUT2D eigenvalue weighted by Crippen LogP contribution is 2.07. The van der Waals surface area contributed by atoms with Gasteiger partial charge in [-0.1, -0.05) is 6.42 Å². The minimum Gasteiger partial charge on any atom is -0.480 e. The molecule has 2 N–H and O–H groups in total. The Hall–Kier alpha value is -1.10. The zero-order valence-electron chi connectivity index (χ0n) is 9.03. The molecule has 15 heavy (non-hydrogen) atoms. The van der Waals surface area contributed by atoms with Gasteiger partial charge < -0.3 is 10.4 Å². The SMILES string of the molecule is CC(NC(=O)CN1CCCCC1)C(=O)O. The second-order valence-corrected chi connectivity index (χ2v) is 3.96. The molecule has 5 heteroatoms. The van der Waals surface area contributed by atoms with Crippen molar-refractivity contribution in [3.8, 4) is 0 Å². The molecule has 0 aromatic rings. The highest BCUT2D eigenvalue weighted by molar-refractivity contribution is 5.84. The van der Waals surface area contributed by atoms with Crippen LogP contribution in [0.2, 0.25) is 0 Å². The van der Waals surface area contributed by atoms with E-state index in [9.17, 15) is 9.59 Å². The molecule has 1 unspecified atom stereocenters. The summed E-state index contributed by atoms with van der Waals surface area (Å²) in [5.74, 6) is -1.20. The van der Waals surface area contributed by atoms with E-state index in [0.717, 1.165) is 25.9 Å². The van der Waals surface area contributed by atoms with Crippen molar-refractivity contribution < 1.29 is 14.7 Å². The summed E-state index contributed by atoms with van der Waals surface area (Å²) in [5.41, 5.74) is 0. The fourth-order valence-electron chi connectivity index (χ4n) is 1.67. The van der Waals surface area contributed by atoms with Crippen LogP contribution in [0.5, 0.6) is 0 Å². The Morgan fingerprint density at radius 1 is 1.33 bits per heavy atom. The van der Waals surface area contributed by atoms with Gasteiger partial charge in [-0.15, -0.1) is 0 Å². The third-order valence-corrected chi connectivity index (χ3v) is 2.56. The molecule has 0 radical (unpaired) electrons. The minimum atomic E-state index is -0.998. The Bertz CT molecular complexity index is 237. The lowest BCUT2D eigenvalue weighted by molar-refractivity contribution is -0.141. The van der Waals surface area contributed by atoms with Crippen molar-refractivity contribution in [1.82, 2.24) is 10.2 Å². The first kappa shape index (κ1) is 12.0. The van der Waals surface area contributed by atoms with Gasteiger partial charge in [-0.2, -0.15) is 0 Å². The average molecular weight is 214 g/mol. The van der Waals surface area contributed by atoms with E-state index in [4.69, 9.17) is 5.11 Å². The maximum Gasteiger partial charge on any atom is 0.325 e. The highest BCUT2D eigenvalue weighted by Gasteiger charge is 2.17. The van der Waals surface area contributed by atoms with Crippen molar-refractivity contribution in [1.29, 1.82) is 0 Å². The molecular weight excluding hydrogens is 196 g/mol. The summed E-state index contributed by atoms with van der Waals surface area (Å²) < 4.78 is 0. The molecule has 1 fully saturated rings. The van der Waals surface area contributed by atoms with Crippen LogP contribution in [0.25, 0.3) is 0 Å². The Morgan fingerprint density at radius 2 is 1.93 bits per heavy atom. The fourth-order valence-corrected chi connectivity index (χ4v) is 1.67. The zero-order chi connectivity index (χ0) is 11.3. The number of aliphatic carboxylic acids is 1. The summed E-state index contributed by atoms with van der Waals surface area (Å²) in [6.45, 7) is 3.66. The number of carboxylic acid groups (broad SMARTS) is 1. The lowest BCUT2D eigenvalue weighted by atomic mass is 10.1. The smallest absolute Gasteiger partial charge is 0.325 e. The zero-order valence-corrected chi connectivity index (χ0v) is 9.03. The van der Waals surface area contributed by atoms with Crippen LogP contribution in [0.3, 0.4) is 0 Å². The molecule has 0 aromatic heterocycles. The molecule has 0 bridgehead atoms. The van der Waals surface area contributed by atoms with Crippen LogP contribution >= 0.6 is 0 Å². The monoisotopic (exact) mass is 214 g/mol. The van der Waals surface area contributed by atoms with E-state index >= 15 is 0 Å². The van der Waals surface area contributed by atoms with Crippen molar-refractivity contribution >= 4 is 11.9 Å². The predicted octanol–water partition coefficient (Wildman–Crippen LogP) is 0.0616. The van der Waals surface area contributed by atoms with Crippen LogP contribution in [-0.2, 0) is 9.59 Å². The van der Waals surface area contributed by atoms with Crippen LogP contribution in [0.15, 0.2) is 0 Å². The Labute approximate surface area is 89.4 Å². The van der Waals surface area contributed by atoms with Crippen molar-refractivity contribution in [3.63, 3.8) is 0 Å². The first-order chi connectivity index (χ1) is 7.09. The maximum atomic E-state index is 11.4. The minimum absolute atomic E-state index is 0.202. The molecule has 86 valence electrons. The predicted molar refractivity (Wildman–Crippen MR) is 55.5 cm³/mol. The van der Waals surface area contributed by atoms with Gasteiger partial charge in [0.15, 0.2) is 0 Å². The summed E-state index contributed by atoms with van der Waals surface area (Å²) in [6.07, 6.45) is 3.48. The molecule has 0 aromatic carbocycles. The van der Waals surface area contributed by atoms with E-state index in [0.29, 0.717) is 6.54 Å². The van der Waals surface area contributed by atoms with E-state index < -0.39 is 12.0 Å². The first-order valence-corrected chi connectivity index (χ1v) is 5.34. The van der Waals surface area contributed by atoms with Crippen LogP contribution in [0.4, 0.5) is 0 Å². The molecule has 0 saturated carbocycles. The normalized spacial score (nSPS) is 19.5. The van der Waals surface area contributed by atoms with Crippen molar-refractivity contribution in [3.05, 3.63) is 0 Å². The van der Waals surface area contributed by atoms with Crippen LogP contribution in [0, 0.1) is 0 Å². The number of rotatable bonds is 4. The quantitative estimate of drug-likeness (QED) is 0.694. The van der Waals surface area contributed by atoms with E-state index in [2.05, 4.69) is 10.2 Å². The van der Waals surface area contributed by atoms with Crippen molar-refractivity contribution in [2.75, 3.05) is 19.6 Å². The van der Waals surface area contributed by atoms with Crippen LogP contribution in [0.1, 0.15) is 26.2 Å². The number of carbonyl (C=O) groups excluding carboxylic acids is 1. The van der Waals surface area contributed by atoms with Gasteiger partial charge in [0.1, 0.15) is 6.04 Å². The van der Waals surface area contributed by atoms with Gasteiger partial charge in [-0.3, -0.25) is 14.5 Å². The molecule has 1 amide bonds. The van der Waals surface area contributed by atoms with E-state index in [1.165, 1.54) is 13.3 Å². The number of likely N-dealkylation sites (tertiary alicyclic amines) is 1. The summed E-state index contributed by atoms with van der Waals surface area (Å²) in [5, 5.41) is 11.1. The molecule has 1 atom stereocenters. The second kappa shape index (κ2) is 5.70. The van der Waals surface area contributed by atoms with Gasteiger partial charge in [-0.05, 0) is 32.9 Å². The summed E-state index contributed by atoms with van der Waals surface area (Å²) >= 11 is 0. The molecule has 1 saturated heterocycles. The summed E-state index contributed by atoms with van der Waals surface area (Å²) in [4.78, 5) is 24.0. The lowest BCUT2D eigenvalue weighted by Crippen LogP contribution is -2.45. The third kappa shape index (κ3) is 4.29. The Balaban J connectivity index is 2.25. The number of carboxylic acids is 1. The van der Waals surface area contributed by atoms with Gasteiger partial charge in [-0.25, -0.2) is 0 Å². The van der Waals surface area contributed by atoms with E-state index in [1.54, 1.807) is 0 Å². The second-order valence-electron chi connectivity index (χ2n) is 3.96. The number of hydrogen-bond acceptors (Lipinski definition) is 3. The largest absolute Gasteiger partial charge is 0.480 e. The highest BCUT2D eigenvalue weighted by atomic mass is 16.4. The van der Waals surface area contributed by atoms with Gasteiger partial charge in [0.2, 0.25) is 5.91 Å². The fraction of sp³-hybridized carbons (Fsp3) is 0.800. The average Bonchev–Trinajstić information content (AvgIpc) is 2.18. The molecule has 1 rings (SSSR count). The summed E-state index contributed by atoms with van der Waals surface area (Å²) in [6, 6.07) is -0.803. The van der Waals surface area contributed by atoms with E-state index in [-0.39, 0.29) is 5.91 Å². The molecule has 1 aliphatic rings. The molecule has 5 nitrogen and oxygen atoms in total. The number of nitrogens with zero attached hydrogens (tertiary/aromatic N) is 1. The van der Waals surface area contributed by atoms with Gasteiger partial charge in [0.05, 0.1) is 6.54 Å². The molecule has 1 heterocycles.